The number of methoxy groups -OCH3 is 1. The summed E-state index contributed by atoms with van der Waals surface area (Å²) >= 11 is 0. The number of hydrogen-bond donors (Lipinski definition) is 1. The normalized spacial score (nSPS) is 25.7. The summed E-state index contributed by atoms with van der Waals surface area (Å²) < 4.78 is 10.7. The van der Waals surface area contributed by atoms with Crippen LogP contribution in [0.5, 0.6) is 0 Å². The SMILES string of the molecule is COCc1cccc(C2OCCC2N)c1. The molecule has 1 aliphatic rings. The maximum absolute atomic E-state index is 5.98. The molecule has 1 aromatic carbocycles. The van der Waals surface area contributed by atoms with E-state index in [4.69, 9.17) is 15.2 Å². The molecular formula is C12H17NO2. The van der Waals surface area contributed by atoms with Gasteiger partial charge in [0.1, 0.15) is 0 Å². The maximum atomic E-state index is 5.98. The average Bonchev–Trinajstić information content (AvgIpc) is 2.65. The second-order valence-electron chi connectivity index (χ2n) is 3.92. The molecule has 2 atom stereocenters. The van der Waals surface area contributed by atoms with Crippen LogP contribution < -0.4 is 5.73 Å². The Morgan fingerprint density at radius 1 is 1.53 bits per heavy atom. The van der Waals surface area contributed by atoms with Crippen molar-refractivity contribution in [2.45, 2.75) is 25.2 Å². The van der Waals surface area contributed by atoms with Crippen molar-refractivity contribution >= 4 is 0 Å². The fourth-order valence-corrected chi connectivity index (χ4v) is 1.98. The topological polar surface area (TPSA) is 44.5 Å². The minimum atomic E-state index is 0.0572. The molecule has 0 aliphatic carbocycles. The molecule has 1 aromatic rings. The van der Waals surface area contributed by atoms with E-state index in [2.05, 4.69) is 12.1 Å². The Kier molecular flexibility index (Phi) is 3.36. The van der Waals surface area contributed by atoms with E-state index in [0.29, 0.717) is 6.61 Å². The number of hydrogen-bond acceptors (Lipinski definition) is 3. The van der Waals surface area contributed by atoms with E-state index in [1.807, 2.05) is 12.1 Å². The van der Waals surface area contributed by atoms with Gasteiger partial charge in [-0.3, -0.25) is 0 Å². The fraction of sp³-hybridized carbons (Fsp3) is 0.500. The minimum Gasteiger partial charge on any atom is -0.380 e. The van der Waals surface area contributed by atoms with E-state index in [1.54, 1.807) is 7.11 Å². The van der Waals surface area contributed by atoms with Gasteiger partial charge in [-0.2, -0.15) is 0 Å². The average molecular weight is 207 g/mol. The van der Waals surface area contributed by atoms with Crippen molar-refractivity contribution in [1.29, 1.82) is 0 Å². The van der Waals surface area contributed by atoms with Crippen LogP contribution in [0, 0.1) is 0 Å². The summed E-state index contributed by atoms with van der Waals surface area (Å²) in [7, 11) is 1.70. The molecule has 3 nitrogen and oxygen atoms in total. The highest BCUT2D eigenvalue weighted by Gasteiger charge is 2.26. The van der Waals surface area contributed by atoms with Crippen LogP contribution in [0.3, 0.4) is 0 Å². The van der Waals surface area contributed by atoms with Gasteiger partial charge in [0.25, 0.3) is 0 Å². The van der Waals surface area contributed by atoms with Gasteiger partial charge >= 0.3 is 0 Å². The summed E-state index contributed by atoms with van der Waals surface area (Å²) in [6.07, 6.45) is 1.00. The van der Waals surface area contributed by atoms with E-state index < -0.39 is 0 Å². The Bertz CT molecular complexity index is 327. The molecule has 0 spiro atoms. The van der Waals surface area contributed by atoms with Gasteiger partial charge in [0.05, 0.1) is 12.7 Å². The molecule has 0 bridgehead atoms. The Hall–Kier alpha value is -0.900. The van der Waals surface area contributed by atoms with Crippen molar-refractivity contribution in [3.8, 4) is 0 Å². The zero-order valence-electron chi connectivity index (χ0n) is 8.98. The number of ether oxygens (including phenoxy) is 2. The standard InChI is InChI=1S/C12H17NO2/c1-14-8-9-3-2-4-10(7-9)12-11(13)5-6-15-12/h2-4,7,11-12H,5-6,8,13H2,1H3. The van der Waals surface area contributed by atoms with Gasteiger partial charge in [-0.1, -0.05) is 24.3 Å². The Morgan fingerprint density at radius 3 is 3.07 bits per heavy atom. The molecule has 0 radical (unpaired) electrons. The monoisotopic (exact) mass is 207 g/mol. The molecule has 2 rings (SSSR count). The van der Waals surface area contributed by atoms with Crippen molar-refractivity contribution in [3.63, 3.8) is 0 Å². The molecule has 1 heterocycles. The highest BCUT2D eigenvalue weighted by Crippen LogP contribution is 2.28. The van der Waals surface area contributed by atoms with E-state index in [-0.39, 0.29) is 12.1 Å². The zero-order valence-corrected chi connectivity index (χ0v) is 8.98. The first-order chi connectivity index (χ1) is 7.31. The van der Waals surface area contributed by atoms with Gasteiger partial charge < -0.3 is 15.2 Å². The lowest BCUT2D eigenvalue weighted by Crippen LogP contribution is -2.23. The van der Waals surface area contributed by atoms with Crippen LogP contribution >= 0.6 is 0 Å². The van der Waals surface area contributed by atoms with E-state index in [9.17, 15) is 0 Å². The highest BCUT2D eigenvalue weighted by atomic mass is 16.5. The second-order valence-corrected chi connectivity index (χ2v) is 3.92. The lowest BCUT2D eigenvalue weighted by atomic mass is 10.0. The number of benzene rings is 1. The van der Waals surface area contributed by atoms with Crippen LogP contribution in [-0.2, 0) is 16.1 Å². The van der Waals surface area contributed by atoms with Gasteiger partial charge in [-0.05, 0) is 17.5 Å². The lowest BCUT2D eigenvalue weighted by Gasteiger charge is -2.15. The minimum absolute atomic E-state index is 0.0572. The first-order valence-corrected chi connectivity index (χ1v) is 5.26. The van der Waals surface area contributed by atoms with Crippen LogP contribution in [0.2, 0.25) is 0 Å². The van der Waals surface area contributed by atoms with E-state index >= 15 is 0 Å². The van der Waals surface area contributed by atoms with Gasteiger partial charge in [-0.15, -0.1) is 0 Å². The number of rotatable bonds is 3. The molecule has 15 heavy (non-hydrogen) atoms. The van der Waals surface area contributed by atoms with Crippen molar-refractivity contribution in [3.05, 3.63) is 35.4 Å². The summed E-state index contributed by atoms with van der Waals surface area (Å²) in [5.74, 6) is 0. The zero-order chi connectivity index (χ0) is 10.7. The Balaban J connectivity index is 2.16. The van der Waals surface area contributed by atoms with Crippen LogP contribution in [0.25, 0.3) is 0 Å². The molecule has 1 aliphatic heterocycles. The quantitative estimate of drug-likeness (QED) is 0.819. The molecule has 0 aromatic heterocycles. The first-order valence-electron chi connectivity index (χ1n) is 5.26. The second kappa shape index (κ2) is 4.75. The van der Waals surface area contributed by atoms with Gasteiger partial charge in [0.15, 0.2) is 0 Å². The molecule has 3 heteroatoms. The smallest absolute Gasteiger partial charge is 0.0976 e. The number of nitrogens with two attached hydrogens (primary N) is 1. The van der Waals surface area contributed by atoms with Gasteiger partial charge in [0.2, 0.25) is 0 Å². The van der Waals surface area contributed by atoms with Gasteiger partial charge in [0, 0.05) is 19.8 Å². The Morgan fingerprint density at radius 2 is 2.40 bits per heavy atom. The summed E-state index contributed by atoms with van der Waals surface area (Å²) in [5, 5.41) is 0. The van der Waals surface area contributed by atoms with Crippen molar-refractivity contribution < 1.29 is 9.47 Å². The van der Waals surface area contributed by atoms with E-state index in [1.165, 1.54) is 0 Å². The van der Waals surface area contributed by atoms with Crippen LogP contribution in [0.15, 0.2) is 24.3 Å². The third kappa shape index (κ3) is 2.37. The summed E-state index contributed by atoms with van der Waals surface area (Å²) in [4.78, 5) is 0. The molecule has 2 N–H and O–H groups in total. The molecule has 2 unspecified atom stereocenters. The van der Waals surface area contributed by atoms with Gasteiger partial charge in [-0.25, -0.2) is 0 Å². The van der Waals surface area contributed by atoms with Crippen molar-refractivity contribution in [2.75, 3.05) is 13.7 Å². The largest absolute Gasteiger partial charge is 0.380 e. The Labute approximate surface area is 90.2 Å². The van der Waals surface area contributed by atoms with E-state index in [0.717, 1.165) is 24.2 Å². The molecular weight excluding hydrogens is 190 g/mol. The van der Waals surface area contributed by atoms with Crippen LogP contribution in [0.1, 0.15) is 23.7 Å². The highest BCUT2D eigenvalue weighted by molar-refractivity contribution is 5.26. The molecule has 82 valence electrons. The van der Waals surface area contributed by atoms with Crippen molar-refractivity contribution in [2.24, 2.45) is 5.73 Å². The summed E-state index contributed by atoms with van der Waals surface area (Å²) in [6, 6.07) is 8.38. The summed E-state index contributed by atoms with van der Waals surface area (Å²) in [6.45, 7) is 1.40. The first kappa shape index (κ1) is 10.6. The maximum Gasteiger partial charge on any atom is 0.0976 e. The molecule has 0 saturated carbocycles. The van der Waals surface area contributed by atoms with Crippen molar-refractivity contribution in [1.82, 2.24) is 0 Å². The third-order valence-corrected chi connectivity index (χ3v) is 2.73. The third-order valence-electron chi connectivity index (χ3n) is 2.73. The molecule has 1 fully saturated rings. The molecule has 0 amide bonds. The lowest BCUT2D eigenvalue weighted by molar-refractivity contribution is 0.105. The van der Waals surface area contributed by atoms with Crippen LogP contribution in [-0.4, -0.2) is 19.8 Å². The fourth-order valence-electron chi connectivity index (χ4n) is 1.98. The van der Waals surface area contributed by atoms with Crippen LogP contribution in [0.4, 0.5) is 0 Å². The predicted octanol–water partition coefficient (Wildman–Crippen LogP) is 1.62. The predicted molar refractivity (Wildman–Crippen MR) is 58.4 cm³/mol. The summed E-state index contributed by atoms with van der Waals surface area (Å²) in [5.41, 5.74) is 8.30. The molecule has 1 saturated heterocycles.